The smallest absolute Gasteiger partial charge is 0.309 e. The van der Waals surface area contributed by atoms with Crippen LogP contribution in [0.15, 0.2) is 47.7 Å². The SMILES string of the molecule is CN(C)c1ccc(/C=N/NC(=O)c2nnc3c(Cl)cccn23)cc1. The monoisotopic (exact) mass is 342 g/mol. The Morgan fingerprint density at radius 1 is 1.25 bits per heavy atom. The summed E-state index contributed by atoms with van der Waals surface area (Å²) in [6.07, 6.45) is 3.23. The van der Waals surface area contributed by atoms with E-state index in [4.69, 9.17) is 11.6 Å². The number of benzene rings is 1. The first kappa shape index (κ1) is 15.9. The molecule has 1 N–H and O–H groups in total. The summed E-state index contributed by atoms with van der Waals surface area (Å²) in [5, 5.41) is 12.1. The molecule has 122 valence electrons. The van der Waals surface area contributed by atoms with E-state index >= 15 is 0 Å². The Morgan fingerprint density at radius 2 is 2.00 bits per heavy atom. The first-order valence-electron chi connectivity index (χ1n) is 7.16. The topological polar surface area (TPSA) is 74.9 Å². The van der Waals surface area contributed by atoms with Crippen LogP contribution in [0.3, 0.4) is 0 Å². The van der Waals surface area contributed by atoms with Crippen LogP contribution >= 0.6 is 11.6 Å². The molecule has 0 atom stereocenters. The fourth-order valence-electron chi connectivity index (χ4n) is 2.11. The molecule has 0 aliphatic carbocycles. The van der Waals surface area contributed by atoms with Crippen LogP contribution in [0.4, 0.5) is 5.69 Å². The molecule has 3 rings (SSSR count). The van der Waals surface area contributed by atoms with E-state index in [9.17, 15) is 4.79 Å². The van der Waals surface area contributed by atoms with Crippen molar-refractivity contribution in [3.05, 3.63) is 59.0 Å². The van der Waals surface area contributed by atoms with Gasteiger partial charge in [-0.1, -0.05) is 23.7 Å². The fraction of sp³-hybridized carbons (Fsp3) is 0.125. The average Bonchev–Trinajstić information content (AvgIpc) is 3.01. The van der Waals surface area contributed by atoms with Crippen molar-refractivity contribution in [1.29, 1.82) is 0 Å². The zero-order chi connectivity index (χ0) is 17.1. The molecule has 0 saturated heterocycles. The number of anilines is 1. The number of halogens is 1. The number of amides is 1. The summed E-state index contributed by atoms with van der Waals surface area (Å²) < 4.78 is 1.51. The van der Waals surface area contributed by atoms with Gasteiger partial charge < -0.3 is 4.90 Å². The highest BCUT2D eigenvalue weighted by Crippen LogP contribution is 2.15. The second-order valence-electron chi connectivity index (χ2n) is 5.26. The number of pyridine rings is 1. The van der Waals surface area contributed by atoms with Gasteiger partial charge in [0.15, 0.2) is 5.65 Å². The van der Waals surface area contributed by atoms with Crippen molar-refractivity contribution in [1.82, 2.24) is 20.0 Å². The van der Waals surface area contributed by atoms with Gasteiger partial charge in [0, 0.05) is 26.0 Å². The van der Waals surface area contributed by atoms with Gasteiger partial charge in [0.1, 0.15) is 0 Å². The van der Waals surface area contributed by atoms with E-state index in [1.165, 1.54) is 4.40 Å². The fourth-order valence-corrected chi connectivity index (χ4v) is 2.31. The van der Waals surface area contributed by atoms with Gasteiger partial charge in [-0.05, 0) is 29.8 Å². The zero-order valence-electron chi connectivity index (χ0n) is 13.1. The first-order valence-corrected chi connectivity index (χ1v) is 7.54. The number of nitrogens with one attached hydrogen (secondary N) is 1. The standard InChI is InChI=1S/C16H15ClN6O/c1-22(2)12-7-5-11(6-8-12)10-18-21-16(24)15-20-19-14-13(17)4-3-9-23(14)15/h3-10H,1-2H3,(H,21,24)/b18-10+. The van der Waals surface area contributed by atoms with Crippen LogP contribution in [-0.2, 0) is 0 Å². The maximum absolute atomic E-state index is 12.2. The van der Waals surface area contributed by atoms with Gasteiger partial charge >= 0.3 is 5.91 Å². The second kappa shape index (κ2) is 6.67. The molecule has 24 heavy (non-hydrogen) atoms. The molecule has 3 aromatic rings. The quantitative estimate of drug-likeness (QED) is 0.582. The lowest BCUT2D eigenvalue weighted by Gasteiger charge is -2.11. The molecule has 7 nitrogen and oxygen atoms in total. The number of hydrazone groups is 1. The van der Waals surface area contributed by atoms with Crippen LogP contribution in [-0.4, -0.2) is 40.8 Å². The minimum atomic E-state index is -0.467. The van der Waals surface area contributed by atoms with Crippen molar-refractivity contribution in [3.63, 3.8) is 0 Å². The van der Waals surface area contributed by atoms with E-state index in [0.717, 1.165) is 11.3 Å². The third-order valence-corrected chi connectivity index (χ3v) is 3.67. The third kappa shape index (κ3) is 3.21. The number of hydrogen-bond acceptors (Lipinski definition) is 5. The number of hydrogen-bond donors (Lipinski definition) is 1. The largest absolute Gasteiger partial charge is 0.378 e. The Balaban J connectivity index is 1.71. The van der Waals surface area contributed by atoms with Gasteiger partial charge in [0.2, 0.25) is 5.82 Å². The summed E-state index contributed by atoms with van der Waals surface area (Å²) in [6, 6.07) is 11.2. The highest BCUT2D eigenvalue weighted by atomic mass is 35.5. The molecule has 0 aliphatic rings. The third-order valence-electron chi connectivity index (χ3n) is 3.38. The van der Waals surface area contributed by atoms with Gasteiger partial charge in [-0.15, -0.1) is 10.2 Å². The number of nitrogens with zero attached hydrogens (tertiary/aromatic N) is 5. The van der Waals surface area contributed by atoms with Crippen molar-refractivity contribution >= 4 is 35.1 Å². The predicted octanol–water partition coefficient (Wildman–Crippen LogP) is 2.21. The number of fused-ring (bicyclic) bond motifs is 1. The molecule has 8 heteroatoms. The van der Waals surface area contributed by atoms with E-state index < -0.39 is 5.91 Å². The van der Waals surface area contributed by atoms with Gasteiger partial charge in [0.25, 0.3) is 0 Å². The Morgan fingerprint density at radius 3 is 2.71 bits per heavy atom. The van der Waals surface area contributed by atoms with Gasteiger partial charge in [-0.2, -0.15) is 5.10 Å². The van der Waals surface area contributed by atoms with Crippen molar-refractivity contribution in [3.8, 4) is 0 Å². The van der Waals surface area contributed by atoms with Crippen molar-refractivity contribution in [2.45, 2.75) is 0 Å². The van der Waals surface area contributed by atoms with Crippen LogP contribution < -0.4 is 10.3 Å². The average molecular weight is 343 g/mol. The highest BCUT2D eigenvalue weighted by Gasteiger charge is 2.14. The van der Waals surface area contributed by atoms with Gasteiger partial charge in [-0.25, -0.2) is 5.43 Å². The van der Waals surface area contributed by atoms with Crippen LogP contribution in [0.25, 0.3) is 5.65 Å². The lowest BCUT2D eigenvalue weighted by atomic mass is 10.2. The lowest BCUT2D eigenvalue weighted by molar-refractivity contribution is 0.0943. The molecule has 1 aromatic carbocycles. The van der Waals surface area contributed by atoms with E-state index in [1.807, 2.05) is 43.3 Å². The Kier molecular flexibility index (Phi) is 4.43. The van der Waals surface area contributed by atoms with Gasteiger partial charge in [-0.3, -0.25) is 9.20 Å². The molecule has 0 aliphatic heterocycles. The molecule has 0 unspecified atom stereocenters. The molecule has 0 fully saturated rings. The maximum Gasteiger partial charge on any atom is 0.309 e. The number of rotatable bonds is 4. The number of carbonyl (C=O) groups is 1. The van der Waals surface area contributed by atoms with Crippen molar-refractivity contribution < 1.29 is 4.79 Å². The summed E-state index contributed by atoms with van der Waals surface area (Å²) in [4.78, 5) is 14.2. The first-order chi connectivity index (χ1) is 11.6. The summed E-state index contributed by atoms with van der Waals surface area (Å²) in [5.41, 5.74) is 4.82. The number of carbonyl (C=O) groups excluding carboxylic acids is 1. The van der Waals surface area contributed by atoms with Crippen LogP contribution in [0, 0.1) is 0 Å². The molecule has 0 bridgehead atoms. The Labute approximate surface area is 143 Å². The van der Waals surface area contributed by atoms with Crippen molar-refractivity contribution in [2.24, 2.45) is 5.10 Å². The van der Waals surface area contributed by atoms with Crippen LogP contribution in [0.5, 0.6) is 0 Å². The molecule has 2 heterocycles. The normalized spacial score (nSPS) is 11.1. The molecule has 0 radical (unpaired) electrons. The molecule has 1 amide bonds. The number of aromatic nitrogens is 3. The lowest BCUT2D eigenvalue weighted by Crippen LogP contribution is -2.20. The summed E-state index contributed by atoms with van der Waals surface area (Å²) in [6.45, 7) is 0. The molecular weight excluding hydrogens is 328 g/mol. The van der Waals surface area contributed by atoms with E-state index in [2.05, 4.69) is 20.7 Å². The zero-order valence-corrected chi connectivity index (χ0v) is 13.9. The highest BCUT2D eigenvalue weighted by molar-refractivity contribution is 6.33. The maximum atomic E-state index is 12.2. The predicted molar refractivity (Wildman–Crippen MR) is 93.8 cm³/mol. The summed E-state index contributed by atoms with van der Waals surface area (Å²) in [7, 11) is 3.94. The molecule has 0 spiro atoms. The van der Waals surface area contributed by atoms with E-state index in [0.29, 0.717) is 10.7 Å². The minimum absolute atomic E-state index is 0.118. The van der Waals surface area contributed by atoms with E-state index in [1.54, 1.807) is 24.5 Å². The Hall–Kier alpha value is -2.93. The van der Waals surface area contributed by atoms with Gasteiger partial charge in [0.05, 0.1) is 11.2 Å². The second-order valence-corrected chi connectivity index (χ2v) is 5.67. The molecule has 2 aromatic heterocycles. The Bertz CT molecular complexity index is 901. The molecular formula is C16H15ClN6O. The minimum Gasteiger partial charge on any atom is -0.378 e. The van der Waals surface area contributed by atoms with Crippen LogP contribution in [0.1, 0.15) is 16.2 Å². The summed E-state index contributed by atoms with van der Waals surface area (Å²) >= 11 is 6.01. The molecule has 0 saturated carbocycles. The van der Waals surface area contributed by atoms with E-state index in [-0.39, 0.29) is 5.82 Å². The summed E-state index contributed by atoms with van der Waals surface area (Å²) in [5.74, 6) is -0.349. The van der Waals surface area contributed by atoms with Crippen molar-refractivity contribution in [2.75, 3.05) is 19.0 Å². The van der Waals surface area contributed by atoms with Crippen LogP contribution in [0.2, 0.25) is 5.02 Å².